The minimum atomic E-state index is -0.717. The van der Waals surface area contributed by atoms with E-state index in [1.807, 2.05) is 12.1 Å². The number of nitrogens with zero attached hydrogens (tertiary/aromatic N) is 3. The highest BCUT2D eigenvalue weighted by atomic mass is 19.1. The third-order valence-electron chi connectivity index (χ3n) is 5.80. The van der Waals surface area contributed by atoms with Gasteiger partial charge in [0.25, 0.3) is 0 Å². The van der Waals surface area contributed by atoms with Gasteiger partial charge in [0.1, 0.15) is 11.6 Å². The molecule has 0 bridgehead atoms. The predicted molar refractivity (Wildman–Crippen MR) is 121 cm³/mol. The minimum Gasteiger partial charge on any atom is -0.441 e. The van der Waals surface area contributed by atoms with Crippen LogP contribution in [0.3, 0.4) is 0 Å². The Kier molecular flexibility index (Phi) is 7.47. The maximum absolute atomic E-state index is 13.9. The number of likely N-dealkylation sites (N-methyl/N-ethyl adjacent to an activating group) is 1. The lowest BCUT2D eigenvalue weighted by molar-refractivity contribution is -0.121. The summed E-state index contributed by atoms with van der Waals surface area (Å²) in [5.74, 6) is -0.951. The standard InChI is InChI=1S/C25H28F2N4O2/c1-30-9-11-31(12-10-30)17-19-4-2-3-18(13-19)15-28-24(32)7-8-25-29-16-23(33-25)21-6-5-20(26)14-22(21)27/h2-6,13-14,16H,7-12,15,17H2,1H3,(H,28,32). The molecule has 0 atom stereocenters. The van der Waals surface area contributed by atoms with Gasteiger partial charge in [0.15, 0.2) is 11.7 Å². The van der Waals surface area contributed by atoms with E-state index in [1.165, 1.54) is 17.8 Å². The molecule has 1 aliphatic rings. The number of hydrogen-bond acceptors (Lipinski definition) is 5. The highest BCUT2D eigenvalue weighted by Crippen LogP contribution is 2.24. The fraction of sp³-hybridized carbons (Fsp3) is 0.360. The van der Waals surface area contributed by atoms with Crippen molar-refractivity contribution in [1.29, 1.82) is 0 Å². The number of nitrogens with one attached hydrogen (secondary N) is 1. The number of amides is 1. The molecule has 0 radical (unpaired) electrons. The molecule has 174 valence electrons. The molecule has 33 heavy (non-hydrogen) atoms. The Morgan fingerprint density at radius 1 is 1.09 bits per heavy atom. The molecular formula is C25H28F2N4O2. The van der Waals surface area contributed by atoms with Crippen LogP contribution in [0.5, 0.6) is 0 Å². The number of halogens is 2. The second-order valence-electron chi connectivity index (χ2n) is 8.42. The molecule has 3 aromatic rings. The number of aryl methyl sites for hydroxylation is 1. The first-order valence-corrected chi connectivity index (χ1v) is 11.1. The van der Waals surface area contributed by atoms with Gasteiger partial charge >= 0.3 is 0 Å². The van der Waals surface area contributed by atoms with Crippen LogP contribution < -0.4 is 5.32 Å². The lowest BCUT2D eigenvalue weighted by Crippen LogP contribution is -2.43. The molecule has 1 N–H and O–H groups in total. The van der Waals surface area contributed by atoms with Crippen molar-refractivity contribution in [1.82, 2.24) is 20.1 Å². The topological polar surface area (TPSA) is 61.6 Å². The van der Waals surface area contributed by atoms with E-state index in [1.54, 1.807) is 0 Å². The van der Waals surface area contributed by atoms with Crippen LogP contribution in [0.4, 0.5) is 8.78 Å². The molecule has 1 fully saturated rings. The van der Waals surface area contributed by atoms with Crippen LogP contribution in [-0.2, 0) is 24.3 Å². The molecule has 0 aliphatic carbocycles. The van der Waals surface area contributed by atoms with Crippen LogP contribution in [0.15, 0.2) is 53.1 Å². The molecule has 2 heterocycles. The number of rotatable bonds is 8. The molecule has 1 aliphatic heterocycles. The van der Waals surface area contributed by atoms with Crippen LogP contribution in [0.25, 0.3) is 11.3 Å². The fourth-order valence-electron chi connectivity index (χ4n) is 3.85. The van der Waals surface area contributed by atoms with E-state index in [9.17, 15) is 13.6 Å². The van der Waals surface area contributed by atoms with E-state index < -0.39 is 11.6 Å². The Bertz CT molecular complexity index is 1090. The van der Waals surface area contributed by atoms with Gasteiger partial charge in [-0.3, -0.25) is 9.69 Å². The van der Waals surface area contributed by atoms with Gasteiger partial charge < -0.3 is 14.6 Å². The van der Waals surface area contributed by atoms with Gasteiger partial charge in [0.2, 0.25) is 5.91 Å². The summed E-state index contributed by atoms with van der Waals surface area (Å²) >= 11 is 0. The Labute approximate surface area is 192 Å². The summed E-state index contributed by atoms with van der Waals surface area (Å²) in [6.45, 7) is 5.66. The van der Waals surface area contributed by atoms with Gasteiger partial charge in [0, 0.05) is 58.2 Å². The van der Waals surface area contributed by atoms with Gasteiger partial charge in [-0.1, -0.05) is 24.3 Å². The third-order valence-corrected chi connectivity index (χ3v) is 5.80. The zero-order valence-corrected chi connectivity index (χ0v) is 18.7. The van der Waals surface area contributed by atoms with Crippen LogP contribution >= 0.6 is 0 Å². The Hall–Kier alpha value is -3.10. The van der Waals surface area contributed by atoms with Crippen molar-refractivity contribution in [2.24, 2.45) is 0 Å². The SMILES string of the molecule is CN1CCN(Cc2cccc(CNC(=O)CCc3ncc(-c4ccc(F)cc4F)o3)c2)CC1. The highest BCUT2D eigenvalue weighted by molar-refractivity contribution is 5.76. The van der Waals surface area contributed by atoms with Crippen molar-refractivity contribution >= 4 is 5.91 Å². The second kappa shape index (κ2) is 10.7. The smallest absolute Gasteiger partial charge is 0.220 e. The van der Waals surface area contributed by atoms with Crippen molar-refractivity contribution in [3.05, 3.63) is 77.3 Å². The number of oxazole rings is 1. The Morgan fingerprint density at radius 3 is 2.67 bits per heavy atom. The maximum Gasteiger partial charge on any atom is 0.220 e. The number of benzene rings is 2. The molecule has 0 saturated carbocycles. The van der Waals surface area contributed by atoms with Crippen LogP contribution in [0.1, 0.15) is 23.4 Å². The van der Waals surface area contributed by atoms with Crippen LogP contribution in [0, 0.1) is 11.6 Å². The number of hydrogen-bond donors (Lipinski definition) is 1. The summed E-state index contributed by atoms with van der Waals surface area (Å²) in [6, 6.07) is 11.5. The predicted octanol–water partition coefficient (Wildman–Crippen LogP) is 3.62. The van der Waals surface area contributed by atoms with Crippen LogP contribution in [0.2, 0.25) is 0 Å². The summed E-state index contributed by atoms with van der Waals surface area (Å²) in [4.78, 5) is 21.2. The average Bonchev–Trinajstić information content (AvgIpc) is 3.27. The zero-order valence-electron chi connectivity index (χ0n) is 18.7. The lowest BCUT2D eigenvalue weighted by atomic mass is 10.1. The van der Waals surface area contributed by atoms with Crippen LogP contribution in [-0.4, -0.2) is 53.9 Å². The van der Waals surface area contributed by atoms with Gasteiger partial charge in [-0.15, -0.1) is 0 Å². The van der Waals surface area contributed by atoms with Crippen molar-refractivity contribution in [3.8, 4) is 11.3 Å². The Balaban J connectivity index is 1.24. The van der Waals surface area contributed by atoms with Gasteiger partial charge in [-0.05, 0) is 30.3 Å². The normalized spacial score (nSPS) is 15.0. The molecule has 8 heteroatoms. The van der Waals surface area contributed by atoms with Gasteiger partial charge in [-0.2, -0.15) is 0 Å². The minimum absolute atomic E-state index is 0.118. The van der Waals surface area contributed by atoms with Crippen molar-refractivity contribution < 1.29 is 18.0 Å². The van der Waals surface area contributed by atoms with Crippen molar-refractivity contribution in [2.75, 3.05) is 33.2 Å². The molecule has 4 rings (SSSR count). The summed E-state index contributed by atoms with van der Waals surface area (Å²) in [7, 11) is 2.15. The lowest BCUT2D eigenvalue weighted by Gasteiger charge is -2.32. The number of aromatic nitrogens is 1. The first kappa shape index (κ1) is 23.1. The van der Waals surface area contributed by atoms with E-state index in [-0.39, 0.29) is 30.1 Å². The van der Waals surface area contributed by atoms with Gasteiger partial charge in [0.05, 0.1) is 11.8 Å². The highest BCUT2D eigenvalue weighted by Gasteiger charge is 2.15. The third kappa shape index (κ3) is 6.46. The fourth-order valence-corrected chi connectivity index (χ4v) is 3.85. The molecular weight excluding hydrogens is 426 g/mol. The molecule has 1 amide bonds. The largest absolute Gasteiger partial charge is 0.441 e. The van der Waals surface area contributed by atoms with Crippen molar-refractivity contribution in [3.63, 3.8) is 0 Å². The summed E-state index contributed by atoms with van der Waals surface area (Å²) in [5.41, 5.74) is 2.43. The van der Waals surface area contributed by atoms with E-state index in [0.29, 0.717) is 12.4 Å². The summed E-state index contributed by atoms with van der Waals surface area (Å²) in [6.07, 6.45) is 1.88. The Morgan fingerprint density at radius 2 is 1.88 bits per heavy atom. The van der Waals surface area contributed by atoms with Gasteiger partial charge in [-0.25, -0.2) is 13.8 Å². The molecule has 6 nitrogen and oxygen atoms in total. The first-order chi connectivity index (χ1) is 16.0. The summed E-state index contributed by atoms with van der Waals surface area (Å²) in [5, 5.41) is 2.93. The number of piperazine rings is 1. The number of carbonyl (C=O) groups excluding carboxylic acids is 1. The molecule has 0 spiro atoms. The molecule has 2 aromatic carbocycles. The quantitative estimate of drug-likeness (QED) is 0.564. The monoisotopic (exact) mass is 454 g/mol. The molecule has 1 saturated heterocycles. The second-order valence-corrected chi connectivity index (χ2v) is 8.42. The first-order valence-electron chi connectivity index (χ1n) is 11.1. The average molecular weight is 455 g/mol. The number of carbonyl (C=O) groups is 1. The van der Waals surface area contributed by atoms with Crippen molar-refractivity contribution in [2.45, 2.75) is 25.9 Å². The van der Waals surface area contributed by atoms with E-state index in [0.717, 1.165) is 50.4 Å². The molecule has 1 aromatic heterocycles. The maximum atomic E-state index is 13.9. The summed E-state index contributed by atoms with van der Waals surface area (Å²) < 4.78 is 32.5. The molecule has 0 unspecified atom stereocenters. The van der Waals surface area contributed by atoms with E-state index >= 15 is 0 Å². The zero-order chi connectivity index (χ0) is 23.2. The van der Waals surface area contributed by atoms with E-state index in [2.05, 4.69) is 39.3 Å². The van der Waals surface area contributed by atoms with E-state index in [4.69, 9.17) is 4.42 Å².